The van der Waals surface area contributed by atoms with Gasteiger partial charge in [-0.2, -0.15) is 0 Å². The second kappa shape index (κ2) is 5.07. The van der Waals surface area contributed by atoms with Crippen molar-refractivity contribution in [3.63, 3.8) is 0 Å². The van der Waals surface area contributed by atoms with Crippen LogP contribution in [-0.4, -0.2) is 31.2 Å². The standard InChI is InChI=1S/C7H16N.HNO2/c1-3-8(2)6-4-5-7-8;2-1-3/h3-7H2,1-2H3;(H,2,3)/q+1;/p-1. The van der Waals surface area contributed by atoms with Gasteiger partial charge in [0, 0.05) is 12.8 Å². The highest BCUT2D eigenvalue weighted by atomic mass is 16.6. The summed E-state index contributed by atoms with van der Waals surface area (Å²) in [6.45, 7) is 6.43. The molecule has 0 aromatic carbocycles. The van der Waals surface area contributed by atoms with Gasteiger partial charge in [-0.15, -0.1) is 5.34 Å². The van der Waals surface area contributed by atoms with Crippen LogP contribution in [0.25, 0.3) is 0 Å². The van der Waals surface area contributed by atoms with Crippen LogP contribution in [0.5, 0.6) is 0 Å². The Kier molecular flexibility index (Phi) is 4.77. The third-order valence-electron chi connectivity index (χ3n) is 2.41. The Morgan fingerprint density at radius 2 is 1.82 bits per heavy atom. The van der Waals surface area contributed by atoms with Gasteiger partial charge in [-0.3, -0.25) is 0 Å². The van der Waals surface area contributed by atoms with E-state index in [-0.39, 0.29) is 0 Å². The molecule has 4 heteroatoms. The monoisotopic (exact) mass is 160 g/mol. The molecule has 66 valence electrons. The zero-order valence-corrected chi connectivity index (χ0v) is 7.25. The molecule has 1 aliphatic heterocycles. The maximum Gasteiger partial charge on any atom is 0.0786 e. The minimum absolute atomic E-state index is 1.00. The van der Waals surface area contributed by atoms with Crippen molar-refractivity contribution in [2.45, 2.75) is 19.8 Å². The summed E-state index contributed by atoms with van der Waals surface area (Å²) in [6, 6.07) is 0. The first-order valence-electron chi connectivity index (χ1n) is 3.97. The molecule has 0 aliphatic carbocycles. The van der Waals surface area contributed by atoms with Crippen LogP contribution in [-0.2, 0) is 0 Å². The lowest BCUT2D eigenvalue weighted by atomic mass is 10.4. The normalized spacial score (nSPS) is 20.2. The lowest BCUT2D eigenvalue weighted by Crippen LogP contribution is -2.40. The molecule has 0 aromatic heterocycles. The van der Waals surface area contributed by atoms with Gasteiger partial charge in [0.05, 0.1) is 26.7 Å². The minimum Gasteiger partial charge on any atom is -0.444 e. The molecular formula is C7H16N2O2. The van der Waals surface area contributed by atoms with Gasteiger partial charge in [0.1, 0.15) is 0 Å². The summed E-state index contributed by atoms with van der Waals surface area (Å²) < 4.78 is 1.32. The first-order valence-corrected chi connectivity index (χ1v) is 3.97. The van der Waals surface area contributed by atoms with Crippen LogP contribution < -0.4 is 0 Å². The summed E-state index contributed by atoms with van der Waals surface area (Å²) in [7, 11) is 2.35. The fraction of sp³-hybridized carbons (Fsp3) is 1.00. The van der Waals surface area contributed by atoms with Crippen LogP contribution in [0.1, 0.15) is 19.8 Å². The smallest absolute Gasteiger partial charge is 0.0786 e. The van der Waals surface area contributed by atoms with Crippen molar-refractivity contribution < 1.29 is 4.48 Å². The third-order valence-corrected chi connectivity index (χ3v) is 2.41. The van der Waals surface area contributed by atoms with Gasteiger partial charge in [-0.05, 0) is 6.92 Å². The van der Waals surface area contributed by atoms with E-state index < -0.39 is 0 Å². The summed E-state index contributed by atoms with van der Waals surface area (Å²) >= 11 is 0. The van der Waals surface area contributed by atoms with Crippen LogP contribution in [0.2, 0.25) is 0 Å². The van der Waals surface area contributed by atoms with Crippen LogP contribution in [0.4, 0.5) is 0 Å². The molecular weight excluding hydrogens is 144 g/mol. The van der Waals surface area contributed by atoms with Gasteiger partial charge < -0.3 is 14.6 Å². The molecule has 0 unspecified atom stereocenters. The molecule has 11 heavy (non-hydrogen) atoms. The Balaban J connectivity index is 0.000000292. The van der Waals surface area contributed by atoms with Crippen LogP contribution in [0.3, 0.4) is 0 Å². The summed E-state index contributed by atoms with van der Waals surface area (Å²) in [6.07, 6.45) is 2.90. The van der Waals surface area contributed by atoms with Crippen LogP contribution >= 0.6 is 0 Å². The van der Waals surface area contributed by atoms with Crippen molar-refractivity contribution in [2.75, 3.05) is 26.7 Å². The molecule has 0 saturated carbocycles. The number of likely N-dealkylation sites (tertiary alicyclic amines) is 1. The Labute approximate surface area is 67.3 Å². The number of hydrogen-bond donors (Lipinski definition) is 0. The van der Waals surface area contributed by atoms with Crippen molar-refractivity contribution in [1.29, 1.82) is 0 Å². The molecule has 1 heterocycles. The highest BCUT2D eigenvalue weighted by Crippen LogP contribution is 2.14. The summed E-state index contributed by atoms with van der Waals surface area (Å²) in [5, 5.41) is 9.00. The Bertz CT molecular complexity index is 111. The van der Waals surface area contributed by atoms with Gasteiger partial charge in [0.25, 0.3) is 0 Å². The molecule has 0 N–H and O–H groups in total. The predicted molar refractivity (Wildman–Crippen MR) is 44.9 cm³/mol. The molecule has 0 amide bonds. The molecule has 0 radical (unpaired) electrons. The maximum atomic E-state index is 8.00. The van der Waals surface area contributed by atoms with Gasteiger partial charge >= 0.3 is 0 Å². The van der Waals surface area contributed by atoms with Gasteiger partial charge in [0.15, 0.2) is 0 Å². The fourth-order valence-corrected chi connectivity index (χ4v) is 1.42. The number of quaternary nitrogens is 1. The molecule has 1 aliphatic rings. The lowest BCUT2D eigenvalue weighted by Gasteiger charge is -2.26. The van der Waals surface area contributed by atoms with Gasteiger partial charge in [0.2, 0.25) is 0 Å². The SMILES string of the molecule is CC[N+]1(C)CCCC1.O=N[O-]. The molecule has 1 rings (SSSR count). The maximum absolute atomic E-state index is 8.00. The quantitative estimate of drug-likeness (QED) is 0.331. The summed E-state index contributed by atoms with van der Waals surface area (Å²) in [5.74, 6) is 0. The number of rotatable bonds is 1. The molecule has 1 saturated heterocycles. The average Bonchev–Trinajstić information content (AvgIpc) is 2.39. The fourth-order valence-electron chi connectivity index (χ4n) is 1.42. The molecule has 0 spiro atoms. The first-order chi connectivity index (χ1) is 5.18. The Morgan fingerprint density at radius 1 is 1.45 bits per heavy atom. The lowest BCUT2D eigenvalue weighted by molar-refractivity contribution is -0.895. The van der Waals surface area contributed by atoms with Gasteiger partial charge in [-0.1, -0.05) is 0 Å². The second-order valence-electron chi connectivity index (χ2n) is 3.16. The van der Waals surface area contributed by atoms with E-state index in [0.29, 0.717) is 0 Å². The van der Waals surface area contributed by atoms with E-state index >= 15 is 0 Å². The van der Waals surface area contributed by atoms with E-state index in [9.17, 15) is 0 Å². The Morgan fingerprint density at radius 3 is 2.00 bits per heavy atom. The molecule has 0 aromatic rings. The topological polar surface area (TPSA) is 52.5 Å². The van der Waals surface area contributed by atoms with Crippen molar-refractivity contribution in [1.82, 2.24) is 0 Å². The summed E-state index contributed by atoms with van der Waals surface area (Å²) in [4.78, 5) is 8.00. The first kappa shape index (κ1) is 10.4. The van der Waals surface area contributed by atoms with Crippen LogP contribution in [0, 0.1) is 10.1 Å². The van der Waals surface area contributed by atoms with Crippen molar-refractivity contribution in [2.24, 2.45) is 5.34 Å². The second-order valence-corrected chi connectivity index (χ2v) is 3.16. The zero-order valence-electron chi connectivity index (χ0n) is 7.25. The van der Waals surface area contributed by atoms with E-state index in [2.05, 4.69) is 14.0 Å². The van der Waals surface area contributed by atoms with Gasteiger partial charge in [-0.25, -0.2) is 0 Å². The molecule has 1 fully saturated rings. The minimum atomic E-state index is 1.00. The van der Waals surface area contributed by atoms with E-state index in [1.54, 1.807) is 0 Å². The number of hydrogen-bond acceptors (Lipinski definition) is 3. The zero-order chi connectivity index (χ0) is 8.74. The molecule has 4 nitrogen and oxygen atoms in total. The van der Waals surface area contributed by atoms with Crippen molar-refractivity contribution >= 4 is 0 Å². The third kappa shape index (κ3) is 3.93. The van der Waals surface area contributed by atoms with Crippen LogP contribution in [0.15, 0.2) is 5.34 Å². The molecule has 0 bridgehead atoms. The highest BCUT2D eigenvalue weighted by molar-refractivity contribution is 4.49. The van der Waals surface area contributed by atoms with Crippen molar-refractivity contribution in [3.8, 4) is 0 Å². The van der Waals surface area contributed by atoms with E-state index in [1.807, 2.05) is 0 Å². The largest absolute Gasteiger partial charge is 0.444 e. The summed E-state index contributed by atoms with van der Waals surface area (Å²) in [5.41, 5.74) is 0. The predicted octanol–water partition coefficient (Wildman–Crippen LogP) is 1.50. The van der Waals surface area contributed by atoms with E-state index in [0.717, 1.165) is 5.34 Å². The number of nitrogens with zero attached hydrogens (tertiary/aromatic N) is 2. The average molecular weight is 160 g/mol. The highest BCUT2D eigenvalue weighted by Gasteiger charge is 2.23. The Hall–Kier alpha value is -0.640. The van der Waals surface area contributed by atoms with E-state index in [1.165, 1.54) is 37.0 Å². The van der Waals surface area contributed by atoms with E-state index in [4.69, 9.17) is 10.1 Å². The molecule has 0 atom stereocenters. The van der Waals surface area contributed by atoms with Crippen molar-refractivity contribution in [3.05, 3.63) is 10.1 Å².